The first kappa shape index (κ1) is 14.5. The number of ether oxygens (including phenoxy) is 1. The minimum absolute atomic E-state index is 0.112. The maximum absolute atomic E-state index is 15.0. The van der Waals surface area contributed by atoms with E-state index in [1.54, 1.807) is 18.2 Å². The third kappa shape index (κ3) is 2.36. The number of rotatable bonds is 4. The van der Waals surface area contributed by atoms with Gasteiger partial charge in [-0.05, 0) is 17.7 Å². The molecule has 1 aromatic carbocycles. The van der Waals surface area contributed by atoms with E-state index in [0.29, 0.717) is 10.1 Å². The molecule has 2 aromatic rings. The predicted molar refractivity (Wildman–Crippen MR) is 71.8 cm³/mol. The Hall–Kier alpha value is -1.41. The molecular formula is C13H11BrF3N3O. The number of benzene rings is 1. The van der Waals surface area contributed by atoms with Crippen molar-refractivity contribution in [3.8, 4) is 0 Å². The van der Waals surface area contributed by atoms with Crippen LogP contribution >= 0.6 is 15.9 Å². The fourth-order valence-corrected chi connectivity index (χ4v) is 2.81. The smallest absolute Gasteiger partial charge is 0.321 e. The van der Waals surface area contributed by atoms with Crippen LogP contribution in [0.1, 0.15) is 24.1 Å². The van der Waals surface area contributed by atoms with E-state index < -0.39 is 18.1 Å². The largest absolute Gasteiger partial charge is 0.379 e. The van der Waals surface area contributed by atoms with Crippen molar-refractivity contribution in [1.82, 2.24) is 14.8 Å². The standard InChI is InChI=1S/C13H11BrF3N3O/c14-9-3-1-2-8(4-9)13(5-21-6-13)10(15)11-19-18-7-20(11)12(16)17/h1-4,7,10,12H,5-6H2. The second-order valence-electron chi connectivity index (χ2n) is 4.90. The zero-order valence-corrected chi connectivity index (χ0v) is 12.3. The predicted octanol–water partition coefficient (Wildman–Crippen LogP) is 3.41. The Morgan fingerprint density at radius 1 is 1.29 bits per heavy atom. The summed E-state index contributed by atoms with van der Waals surface area (Å²) in [4.78, 5) is 0. The van der Waals surface area contributed by atoms with Gasteiger partial charge in [0.25, 0.3) is 0 Å². The molecule has 1 aliphatic rings. The van der Waals surface area contributed by atoms with E-state index in [4.69, 9.17) is 4.74 Å². The van der Waals surface area contributed by atoms with Gasteiger partial charge in [-0.3, -0.25) is 4.57 Å². The van der Waals surface area contributed by atoms with Crippen molar-refractivity contribution in [2.45, 2.75) is 18.1 Å². The lowest BCUT2D eigenvalue weighted by molar-refractivity contribution is -0.104. The summed E-state index contributed by atoms with van der Waals surface area (Å²) in [7, 11) is 0. The quantitative estimate of drug-likeness (QED) is 0.837. The van der Waals surface area contributed by atoms with Crippen LogP contribution in [0.2, 0.25) is 0 Å². The lowest BCUT2D eigenvalue weighted by Crippen LogP contribution is -2.50. The van der Waals surface area contributed by atoms with Gasteiger partial charge in [0.05, 0.1) is 18.6 Å². The highest BCUT2D eigenvalue weighted by Crippen LogP contribution is 2.46. The molecule has 1 saturated heterocycles. The monoisotopic (exact) mass is 361 g/mol. The van der Waals surface area contributed by atoms with Gasteiger partial charge in [0.2, 0.25) is 0 Å². The van der Waals surface area contributed by atoms with Gasteiger partial charge in [0.1, 0.15) is 6.33 Å². The number of alkyl halides is 3. The molecule has 21 heavy (non-hydrogen) atoms. The molecule has 1 aromatic heterocycles. The zero-order chi connectivity index (χ0) is 15.0. The van der Waals surface area contributed by atoms with Crippen LogP contribution in [0, 0.1) is 0 Å². The van der Waals surface area contributed by atoms with E-state index in [1.165, 1.54) is 0 Å². The summed E-state index contributed by atoms with van der Waals surface area (Å²) in [5.41, 5.74) is -0.330. The van der Waals surface area contributed by atoms with Crippen molar-refractivity contribution in [3.05, 3.63) is 46.5 Å². The minimum Gasteiger partial charge on any atom is -0.379 e. The molecule has 2 heterocycles. The molecule has 1 atom stereocenters. The van der Waals surface area contributed by atoms with E-state index in [1.807, 2.05) is 6.07 Å². The van der Waals surface area contributed by atoms with Crippen LogP contribution in [-0.4, -0.2) is 28.0 Å². The lowest BCUT2D eigenvalue weighted by Gasteiger charge is -2.43. The van der Waals surface area contributed by atoms with Gasteiger partial charge in [-0.15, -0.1) is 10.2 Å². The van der Waals surface area contributed by atoms with Crippen LogP contribution in [0.3, 0.4) is 0 Å². The van der Waals surface area contributed by atoms with Crippen molar-refractivity contribution in [2.24, 2.45) is 0 Å². The fraction of sp³-hybridized carbons (Fsp3) is 0.385. The van der Waals surface area contributed by atoms with Crippen LogP contribution in [0.25, 0.3) is 0 Å². The molecule has 112 valence electrons. The van der Waals surface area contributed by atoms with Crippen LogP contribution in [0.5, 0.6) is 0 Å². The Bertz CT molecular complexity index is 645. The van der Waals surface area contributed by atoms with Gasteiger partial charge >= 0.3 is 6.55 Å². The lowest BCUT2D eigenvalue weighted by atomic mass is 9.74. The maximum Gasteiger partial charge on any atom is 0.321 e. The van der Waals surface area contributed by atoms with Gasteiger partial charge in [-0.2, -0.15) is 8.78 Å². The highest BCUT2D eigenvalue weighted by Gasteiger charge is 2.51. The molecule has 0 radical (unpaired) electrons. The zero-order valence-electron chi connectivity index (χ0n) is 10.7. The molecule has 0 bridgehead atoms. The summed E-state index contributed by atoms with van der Waals surface area (Å²) in [5, 5.41) is 6.91. The van der Waals surface area contributed by atoms with Crippen LogP contribution in [-0.2, 0) is 10.2 Å². The van der Waals surface area contributed by atoms with Gasteiger partial charge in [-0.25, -0.2) is 4.39 Å². The fourth-order valence-electron chi connectivity index (χ4n) is 2.41. The number of hydrogen-bond donors (Lipinski definition) is 0. The topological polar surface area (TPSA) is 39.9 Å². The van der Waals surface area contributed by atoms with Crippen molar-refractivity contribution in [2.75, 3.05) is 13.2 Å². The van der Waals surface area contributed by atoms with Gasteiger partial charge in [0.15, 0.2) is 12.0 Å². The van der Waals surface area contributed by atoms with E-state index in [0.717, 1.165) is 10.8 Å². The molecule has 1 unspecified atom stereocenters. The Morgan fingerprint density at radius 2 is 2.05 bits per heavy atom. The van der Waals surface area contributed by atoms with Gasteiger partial charge in [0, 0.05) is 4.47 Å². The van der Waals surface area contributed by atoms with Crippen molar-refractivity contribution < 1.29 is 17.9 Å². The van der Waals surface area contributed by atoms with E-state index in [-0.39, 0.29) is 19.0 Å². The van der Waals surface area contributed by atoms with E-state index >= 15 is 0 Å². The minimum atomic E-state index is -2.88. The summed E-state index contributed by atoms with van der Waals surface area (Å²) in [6, 6.07) is 7.09. The van der Waals surface area contributed by atoms with Crippen molar-refractivity contribution in [1.29, 1.82) is 0 Å². The molecule has 0 aliphatic carbocycles. The second-order valence-corrected chi connectivity index (χ2v) is 5.81. The molecule has 4 nitrogen and oxygen atoms in total. The van der Waals surface area contributed by atoms with Crippen molar-refractivity contribution >= 4 is 15.9 Å². The average molecular weight is 362 g/mol. The Morgan fingerprint density at radius 3 is 2.62 bits per heavy atom. The molecule has 1 aliphatic heterocycles. The Kier molecular flexibility index (Phi) is 3.75. The normalized spacial score (nSPS) is 18.5. The Balaban J connectivity index is 2.01. The van der Waals surface area contributed by atoms with Crippen LogP contribution < -0.4 is 0 Å². The number of aromatic nitrogens is 3. The first-order chi connectivity index (χ1) is 10.0. The highest BCUT2D eigenvalue weighted by atomic mass is 79.9. The van der Waals surface area contributed by atoms with Crippen molar-refractivity contribution in [3.63, 3.8) is 0 Å². The van der Waals surface area contributed by atoms with Gasteiger partial charge < -0.3 is 4.74 Å². The third-order valence-electron chi connectivity index (χ3n) is 3.64. The number of halogens is 4. The summed E-state index contributed by atoms with van der Waals surface area (Å²) >= 11 is 3.33. The van der Waals surface area contributed by atoms with Crippen LogP contribution in [0.4, 0.5) is 13.2 Å². The molecule has 8 heteroatoms. The first-order valence-electron chi connectivity index (χ1n) is 6.20. The average Bonchev–Trinajstić information content (AvgIpc) is 2.86. The van der Waals surface area contributed by atoms with E-state index in [2.05, 4.69) is 26.1 Å². The summed E-state index contributed by atoms with van der Waals surface area (Å²) in [6.45, 7) is -2.66. The molecule has 1 fully saturated rings. The first-order valence-corrected chi connectivity index (χ1v) is 6.99. The number of hydrogen-bond acceptors (Lipinski definition) is 3. The van der Waals surface area contributed by atoms with E-state index in [9.17, 15) is 13.2 Å². The summed E-state index contributed by atoms with van der Waals surface area (Å²) < 4.78 is 47.1. The third-order valence-corrected chi connectivity index (χ3v) is 4.13. The highest BCUT2D eigenvalue weighted by molar-refractivity contribution is 9.10. The molecule has 0 spiro atoms. The maximum atomic E-state index is 15.0. The molecule has 0 saturated carbocycles. The summed E-state index contributed by atoms with van der Waals surface area (Å²) in [6.07, 6.45) is -0.891. The molecule has 0 amide bonds. The number of nitrogens with zero attached hydrogens (tertiary/aromatic N) is 3. The Labute approximate surface area is 127 Å². The molecule has 3 rings (SSSR count). The molecule has 0 N–H and O–H groups in total. The second kappa shape index (κ2) is 5.42. The molecular weight excluding hydrogens is 351 g/mol. The van der Waals surface area contributed by atoms with Gasteiger partial charge in [-0.1, -0.05) is 28.1 Å². The van der Waals surface area contributed by atoms with Crippen LogP contribution in [0.15, 0.2) is 35.1 Å². The SMILES string of the molecule is FC(F)n1cnnc1C(F)C1(c2cccc(Br)c2)COC1. The summed E-state index contributed by atoms with van der Waals surface area (Å²) in [5.74, 6) is -0.381.